The van der Waals surface area contributed by atoms with E-state index in [0.717, 1.165) is 17.6 Å². The monoisotopic (exact) mass is 436 g/mol. The minimum Gasteiger partial charge on any atom is -0.465 e. The summed E-state index contributed by atoms with van der Waals surface area (Å²) < 4.78 is 32.4. The van der Waals surface area contributed by atoms with Gasteiger partial charge in [-0.15, -0.1) is 0 Å². The lowest BCUT2D eigenvalue weighted by Crippen LogP contribution is -2.23. The molecule has 1 aromatic carbocycles. The molecule has 29 heavy (non-hydrogen) atoms. The maximum atomic E-state index is 12.7. The summed E-state index contributed by atoms with van der Waals surface area (Å²) in [5.41, 5.74) is 1.47. The molecule has 0 spiro atoms. The van der Waals surface area contributed by atoms with Gasteiger partial charge >= 0.3 is 5.97 Å². The van der Waals surface area contributed by atoms with Crippen LogP contribution < -0.4 is 4.80 Å². The Morgan fingerprint density at radius 3 is 2.62 bits per heavy atom. The van der Waals surface area contributed by atoms with E-state index >= 15 is 0 Å². The summed E-state index contributed by atoms with van der Waals surface area (Å²) >= 11 is 1.12. The summed E-state index contributed by atoms with van der Waals surface area (Å²) in [5, 5.41) is 4.12. The normalized spacial score (nSPS) is 12.5. The van der Waals surface area contributed by atoms with Gasteiger partial charge in [-0.2, -0.15) is 10.1 Å². The van der Waals surface area contributed by atoms with Gasteiger partial charge in [0.2, 0.25) is 0 Å². The van der Waals surface area contributed by atoms with Crippen LogP contribution in [0.3, 0.4) is 0 Å². The maximum Gasteiger partial charge on any atom is 0.326 e. The molecule has 3 aromatic rings. The second kappa shape index (κ2) is 7.91. The third kappa shape index (κ3) is 4.46. The number of benzene rings is 1. The number of carbonyl (C=O) groups excluding carboxylic acids is 2. The molecule has 3 rings (SSSR count). The van der Waals surface area contributed by atoms with E-state index < -0.39 is 21.7 Å². The van der Waals surface area contributed by atoms with Gasteiger partial charge in [-0.3, -0.25) is 14.3 Å². The van der Waals surface area contributed by atoms with Crippen LogP contribution >= 0.6 is 11.3 Å². The molecule has 0 N–H and O–H groups in total. The molecular weight excluding hydrogens is 416 g/mol. The summed E-state index contributed by atoms with van der Waals surface area (Å²) in [6.45, 7) is 3.52. The first-order valence-corrected chi connectivity index (χ1v) is 11.4. The summed E-state index contributed by atoms with van der Waals surface area (Å²) in [4.78, 5) is 29.3. The van der Waals surface area contributed by atoms with Crippen LogP contribution in [0.25, 0.3) is 10.2 Å². The van der Waals surface area contributed by atoms with Crippen LogP contribution in [-0.2, 0) is 33.0 Å². The minimum absolute atomic E-state index is 0.146. The van der Waals surface area contributed by atoms with Crippen LogP contribution in [0.1, 0.15) is 23.0 Å². The largest absolute Gasteiger partial charge is 0.465 e. The molecule has 0 aliphatic carbocycles. The van der Waals surface area contributed by atoms with Gasteiger partial charge in [0.05, 0.1) is 21.7 Å². The first kappa shape index (κ1) is 20.9. The fourth-order valence-electron chi connectivity index (χ4n) is 2.82. The number of amides is 1. The highest BCUT2D eigenvalue weighted by Gasteiger charge is 2.17. The zero-order valence-electron chi connectivity index (χ0n) is 16.4. The molecule has 0 aliphatic rings. The highest BCUT2D eigenvalue weighted by Crippen LogP contribution is 2.22. The van der Waals surface area contributed by atoms with E-state index in [9.17, 15) is 18.0 Å². The van der Waals surface area contributed by atoms with Gasteiger partial charge in [0, 0.05) is 25.1 Å². The number of fused-ring (bicyclic) bond motifs is 1. The second-order valence-electron chi connectivity index (χ2n) is 6.43. The first-order valence-electron chi connectivity index (χ1n) is 8.68. The number of sulfone groups is 1. The lowest BCUT2D eigenvalue weighted by molar-refractivity contribution is -0.143. The quantitative estimate of drug-likeness (QED) is 0.560. The number of nitrogens with zero attached hydrogens (tertiary/aromatic N) is 4. The van der Waals surface area contributed by atoms with Gasteiger partial charge in [-0.25, -0.2) is 8.42 Å². The van der Waals surface area contributed by atoms with E-state index in [1.54, 1.807) is 37.7 Å². The Morgan fingerprint density at radius 1 is 1.31 bits per heavy atom. The van der Waals surface area contributed by atoms with Gasteiger partial charge < -0.3 is 9.30 Å². The lowest BCUT2D eigenvalue weighted by atomic mass is 10.3. The topological polar surface area (TPSA) is 113 Å². The minimum atomic E-state index is -3.40. The SMILES string of the molecule is CCOC(=O)Cn1c(=NC(=O)c2nn(C)cc2C)sc2cc(S(C)(=O)=O)ccc21. The molecule has 2 aromatic heterocycles. The van der Waals surface area contributed by atoms with Crippen molar-refractivity contribution in [2.45, 2.75) is 25.3 Å². The van der Waals surface area contributed by atoms with Gasteiger partial charge in [-0.05, 0) is 32.0 Å². The maximum absolute atomic E-state index is 12.7. The number of aromatic nitrogens is 3. The summed E-state index contributed by atoms with van der Waals surface area (Å²) in [5.74, 6) is -1.03. The van der Waals surface area contributed by atoms with Gasteiger partial charge in [0.25, 0.3) is 5.91 Å². The molecule has 0 atom stereocenters. The zero-order chi connectivity index (χ0) is 21.3. The van der Waals surface area contributed by atoms with Crippen LogP contribution in [0.4, 0.5) is 0 Å². The van der Waals surface area contributed by atoms with Crippen LogP contribution in [0.2, 0.25) is 0 Å². The van der Waals surface area contributed by atoms with E-state index in [0.29, 0.717) is 15.8 Å². The summed E-state index contributed by atoms with van der Waals surface area (Å²) in [7, 11) is -1.70. The predicted octanol–water partition coefficient (Wildman–Crippen LogP) is 1.45. The summed E-state index contributed by atoms with van der Waals surface area (Å²) in [6.07, 6.45) is 2.83. The number of carbonyl (C=O) groups is 2. The summed E-state index contributed by atoms with van der Waals surface area (Å²) in [6, 6.07) is 4.56. The van der Waals surface area contributed by atoms with E-state index in [4.69, 9.17) is 4.74 Å². The van der Waals surface area contributed by atoms with E-state index in [2.05, 4.69) is 10.1 Å². The Morgan fingerprint density at radius 2 is 2.03 bits per heavy atom. The average molecular weight is 437 g/mol. The smallest absolute Gasteiger partial charge is 0.326 e. The molecule has 11 heteroatoms. The number of aryl methyl sites for hydroxylation is 2. The molecule has 154 valence electrons. The Kier molecular flexibility index (Phi) is 5.71. The van der Waals surface area contributed by atoms with Crippen LogP contribution in [0.5, 0.6) is 0 Å². The van der Waals surface area contributed by atoms with E-state index in [-0.39, 0.29) is 28.5 Å². The van der Waals surface area contributed by atoms with Crippen LogP contribution in [0, 0.1) is 6.92 Å². The number of rotatable bonds is 5. The van der Waals surface area contributed by atoms with Crippen LogP contribution in [-0.4, -0.2) is 47.5 Å². The molecule has 0 aliphatic heterocycles. The number of thiazole rings is 1. The third-order valence-electron chi connectivity index (χ3n) is 4.09. The van der Waals surface area contributed by atoms with Crippen molar-refractivity contribution in [2.75, 3.05) is 12.9 Å². The molecule has 0 bridgehead atoms. The van der Waals surface area contributed by atoms with Crippen molar-refractivity contribution in [1.82, 2.24) is 14.3 Å². The lowest BCUT2D eigenvalue weighted by Gasteiger charge is -2.05. The van der Waals surface area contributed by atoms with Crippen molar-refractivity contribution in [2.24, 2.45) is 12.0 Å². The Labute approximate surface area is 171 Å². The molecule has 0 saturated heterocycles. The molecule has 9 nitrogen and oxygen atoms in total. The first-order chi connectivity index (χ1) is 13.6. The van der Waals surface area contributed by atoms with Crippen molar-refractivity contribution in [3.63, 3.8) is 0 Å². The molecular formula is C18H20N4O5S2. The molecule has 0 fully saturated rings. The number of hydrogen-bond donors (Lipinski definition) is 0. The molecule has 2 heterocycles. The number of ether oxygens (including phenoxy) is 1. The zero-order valence-corrected chi connectivity index (χ0v) is 18.0. The third-order valence-corrected chi connectivity index (χ3v) is 6.24. The second-order valence-corrected chi connectivity index (χ2v) is 9.45. The Balaban J connectivity index is 2.19. The molecule has 0 unspecified atom stereocenters. The fourth-order valence-corrected chi connectivity index (χ4v) is 4.60. The van der Waals surface area contributed by atoms with Crippen molar-refractivity contribution >= 4 is 43.3 Å². The standard InChI is InChI=1S/C18H20N4O5S2/c1-5-27-15(23)10-22-13-7-6-12(29(4,25)26)8-14(13)28-18(22)19-17(24)16-11(2)9-21(3)20-16/h6-9H,5,10H2,1-4H3. The van der Waals surface area contributed by atoms with Crippen molar-refractivity contribution in [3.8, 4) is 0 Å². The van der Waals surface area contributed by atoms with Gasteiger partial charge in [0.1, 0.15) is 6.54 Å². The van der Waals surface area contributed by atoms with Gasteiger partial charge in [-0.1, -0.05) is 11.3 Å². The van der Waals surface area contributed by atoms with Gasteiger partial charge in [0.15, 0.2) is 20.3 Å². The highest BCUT2D eigenvalue weighted by molar-refractivity contribution is 7.90. The highest BCUT2D eigenvalue weighted by atomic mass is 32.2. The van der Waals surface area contributed by atoms with Crippen molar-refractivity contribution < 1.29 is 22.7 Å². The molecule has 0 radical (unpaired) electrons. The molecule has 1 amide bonds. The number of hydrogen-bond acceptors (Lipinski definition) is 7. The molecule has 0 saturated carbocycles. The van der Waals surface area contributed by atoms with Crippen LogP contribution in [0.15, 0.2) is 34.3 Å². The Hall–Kier alpha value is -2.79. The average Bonchev–Trinajstić information content (AvgIpc) is 3.13. The van der Waals surface area contributed by atoms with Crippen molar-refractivity contribution in [3.05, 3.63) is 40.5 Å². The predicted molar refractivity (Wildman–Crippen MR) is 107 cm³/mol. The van der Waals surface area contributed by atoms with E-state index in [1.807, 2.05) is 0 Å². The van der Waals surface area contributed by atoms with Crippen molar-refractivity contribution in [1.29, 1.82) is 0 Å². The Bertz CT molecular complexity index is 1280. The number of esters is 1. The fraction of sp³-hybridized carbons (Fsp3) is 0.333. The van der Waals surface area contributed by atoms with E-state index in [1.165, 1.54) is 16.8 Å².